The summed E-state index contributed by atoms with van der Waals surface area (Å²) < 4.78 is 13.1. The molecule has 0 aliphatic carbocycles. The van der Waals surface area contributed by atoms with Crippen LogP contribution in [0, 0.1) is 5.82 Å². The minimum atomic E-state index is -0.857. The van der Waals surface area contributed by atoms with Gasteiger partial charge in [-0.15, -0.1) is 0 Å². The van der Waals surface area contributed by atoms with Crippen LogP contribution in [0.15, 0.2) is 18.5 Å². The average molecular weight is 252 g/mol. The SMILES string of the molecule is CC1(C(=O)O)CCCCN1Cc1cncc(F)c1. The molecule has 0 saturated carbocycles. The average Bonchev–Trinajstić information content (AvgIpc) is 2.32. The lowest BCUT2D eigenvalue weighted by molar-refractivity contribution is -0.153. The van der Waals surface area contributed by atoms with Crippen molar-refractivity contribution < 1.29 is 14.3 Å². The van der Waals surface area contributed by atoms with Gasteiger partial charge in [-0.2, -0.15) is 0 Å². The van der Waals surface area contributed by atoms with Gasteiger partial charge in [0.15, 0.2) is 0 Å². The fourth-order valence-electron chi connectivity index (χ4n) is 2.44. The van der Waals surface area contributed by atoms with E-state index in [9.17, 15) is 14.3 Å². The monoisotopic (exact) mass is 252 g/mol. The van der Waals surface area contributed by atoms with Crippen LogP contribution >= 0.6 is 0 Å². The van der Waals surface area contributed by atoms with E-state index in [1.165, 1.54) is 6.07 Å². The zero-order valence-corrected chi connectivity index (χ0v) is 10.4. The van der Waals surface area contributed by atoms with Crippen molar-refractivity contribution in [1.29, 1.82) is 0 Å². The van der Waals surface area contributed by atoms with E-state index in [0.29, 0.717) is 18.5 Å². The number of pyridine rings is 1. The molecule has 1 unspecified atom stereocenters. The van der Waals surface area contributed by atoms with Crippen molar-refractivity contribution in [2.45, 2.75) is 38.3 Å². The Morgan fingerprint density at radius 3 is 3.00 bits per heavy atom. The van der Waals surface area contributed by atoms with E-state index in [1.54, 1.807) is 13.1 Å². The van der Waals surface area contributed by atoms with Gasteiger partial charge < -0.3 is 5.11 Å². The van der Waals surface area contributed by atoms with E-state index in [1.807, 2.05) is 4.90 Å². The summed E-state index contributed by atoms with van der Waals surface area (Å²) >= 11 is 0. The van der Waals surface area contributed by atoms with E-state index in [4.69, 9.17) is 0 Å². The lowest BCUT2D eigenvalue weighted by atomic mass is 9.88. The second-order valence-corrected chi connectivity index (χ2v) is 4.97. The molecule has 0 aromatic carbocycles. The summed E-state index contributed by atoms with van der Waals surface area (Å²) in [7, 11) is 0. The first-order valence-electron chi connectivity index (χ1n) is 6.10. The highest BCUT2D eigenvalue weighted by Crippen LogP contribution is 2.29. The van der Waals surface area contributed by atoms with E-state index in [2.05, 4.69) is 4.98 Å². The lowest BCUT2D eigenvalue weighted by Gasteiger charge is -2.41. The van der Waals surface area contributed by atoms with Crippen LogP contribution < -0.4 is 0 Å². The van der Waals surface area contributed by atoms with Crippen LogP contribution in [-0.2, 0) is 11.3 Å². The third-order valence-electron chi connectivity index (χ3n) is 3.64. The molecule has 1 aromatic heterocycles. The van der Waals surface area contributed by atoms with Gasteiger partial charge in [-0.3, -0.25) is 14.7 Å². The second kappa shape index (κ2) is 5.02. The van der Waals surface area contributed by atoms with Crippen molar-refractivity contribution >= 4 is 5.97 Å². The van der Waals surface area contributed by atoms with Gasteiger partial charge in [0.2, 0.25) is 0 Å². The first-order chi connectivity index (χ1) is 8.52. The standard InChI is InChI=1S/C13H17FN2O2/c1-13(12(17)18)4-2-3-5-16(13)9-10-6-11(14)8-15-7-10/h6-8H,2-5,9H2,1H3,(H,17,18). The first kappa shape index (κ1) is 13.0. The molecular formula is C13H17FN2O2. The molecule has 4 nitrogen and oxygen atoms in total. The number of nitrogens with zero attached hydrogens (tertiary/aromatic N) is 2. The number of hydrogen-bond acceptors (Lipinski definition) is 3. The molecule has 5 heteroatoms. The van der Waals surface area contributed by atoms with Crippen molar-refractivity contribution in [3.63, 3.8) is 0 Å². The maximum absolute atomic E-state index is 13.1. The van der Waals surface area contributed by atoms with Crippen LogP contribution in [0.2, 0.25) is 0 Å². The van der Waals surface area contributed by atoms with Crippen LogP contribution in [-0.4, -0.2) is 33.0 Å². The molecule has 98 valence electrons. The number of carboxylic acid groups (broad SMARTS) is 1. The quantitative estimate of drug-likeness (QED) is 0.894. The molecule has 2 heterocycles. The molecule has 0 amide bonds. The molecular weight excluding hydrogens is 235 g/mol. The third-order valence-corrected chi connectivity index (χ3v) is 3.64. The molecule has 0 bridgehead atoms. The van der Waals surface area contributed by atoms with Crippen LogP contribution in [0.1, 0.15) is 31.7 Å². The number of carboxylic acids is 1. The summed E-state index contributed by atoms with van der Waals surface area (Å²) in [6.07, 6.45) is 5.26. The molecule has 0 spiro atoms. The number of hydrogen-bond donors (Lipinski definition) is 1. The lowest BCUT2D eigenvalue weighted by Crippen LogP contribution is -2.54. The van der Waals surface area contributed by atoms with Gasteiger partial charge in [0.05, 0.1) is 6.20 Å². The summed E-state index contributed by atoms with van der Waals surface area (Å²) in [6, 6.07) is 1.41. The summed E-state index contributed by atoms with van der Waals surface area (Å²) in [4.78, 5) is 17.1. The largest absolute Gasteiger partial charge is 0.480 e. The van der Waals surface area contributed by atoms with Gasteiger partial charge >= 0.3 is 5.97 Å². The Bertz CT molecular complexity index is 452. The number of rotatable bonds is 3. The number of piperidine rings is 1. The Kier molecular flexibility index (Phi) is 3.61. The number of carbonyl (C=O) groups is 1. The molecule has 1 fully saturated rings. The van der Waals surface area contributed by atoms with Gasteiger partial charge in [-0.25, -0.2) is 4.39 Å². The summed E-state index contributed by atoms with van der Waals surface area (Å²) in [5.41, 5.74) is -0.144. The minimum absolute atomic E-state index is 0.387. The Hall–Kier alpha value is -1.49. The van der Waals surface area contributed by atoms with Crippen LogP contribution in [0.4, 0.5) is 4.39 Å². The summed E-state index contributed by atoms with van der Waals surface area (Å²) in [5.74, 6) is -1.20. The number of aromatic nitrogens is 1. The molecule has 18 heavy (non-hydrogen) atoms. The highest BCUT2D eigenvalue weighted by Gasteiger charge is 2.41. The molecule has 1 aromatic rings. The number of aliphatic carboxylic acids is 1. The van der Waals surface area contributed by atoms with Gasteiger partial charge in [0.25, 0.3) is 0 Å². The molecule has 1 N–H and O–H groups in total. The Labute approximate surface area is 105 Å². The zero-order chi connectivity index (χ0) is 13.2. The molecule has 1 aliphatic heterocycles. The normalized spacial score (nSPS) is 25.0. The van der Waals surface area contributed by atoms with Crippen molar-refractivity contribution in [2.75, 3.05) is 6.54 Å². The van der Waals surface area contributed by atoms with E-state index in [-0.39, 0.29) is 5.82 Å². The maximum atomic E-state index is 13.1. The van der Waals surface area contributed by atoms with Gasteiger partial charge in [0, 0.05) is 12.7 Å². The van der Waals surface area contributed by atoms with Crippen LogP contribution in [0.3, 0.4) is 0 Å². The molecule has 0 radical (unpaired) electrons. The predicted molar refractivity (Wildman–Crippen MR) is 64.5 cm³/mol. The molecule has 1 atom stereocenters. The van der Waals surface area contributed by atoms with Crippen molar-refractivity contribution in [1.82, 2.24) is 9.88 Å². The molecule has 1 saturated heterocycles. The maximum Gasteiger partial charge on any atom is 0.323 e. The van der Waals surface area contributed by atoms with Gasteiger partial charge in [-0.1, -0.05) is 0 Å². The van der Waals surface area contributed by atoms with E-state index in [0.717, 1.165) is 25.6 Å². The minimum Gasteiger partial charge on any atom is -0.480 e. The smallest absolute Gasteiger partial charge is 0.323 e. The molecule has 1 aliphatic rings. The topological polar surface area (TPSA) is 53.4 Å². The Morgan fingerprint density at radius 2 is 2.33 bits per heavy atom. The molecule has 2 rings (SSSR count). The third kappa shape index (κ3) is 2.51. The highest BCUT2D eigenvalue weighted by molar-refractivity contribution is 5.78. The summed E-state index contributed by atoms with van der Waals surface area (Å²) in [5, 5.41) is 9.37. The highest BCUT2D eigenvalue weighted by atomic mass is 19.1. The van der Waals surface area contributed by atoms with E-state index < -0.39 is 11.5 Å². The summed E-state index contributed by atoms with van der Waals surface area (Å²) in [6.45, 7) is 2.88. The fraction of sp³-hybridized carbons (Fsp3) is 0.538. The van der Waals surface area contributed by atoms with Crippen molar-refractivity contribution in [2.24, 2.45) is 0 Å². The Morgan fingerprint density at radius 1 is 1.56 bits per heavy atom. The van der Waals surface area contributed by atoms with Crippen LogP contribution in [0.25, 0.3) is 0 Å². The fourth-order valence-corrected chi connectivity index (χ4v) is 2.44. The van der Waals surface area contributed by atoms with Crippen molar-refractivity contribution in [3.8, 4) is 0 Å². The second-order valence-electron chi connectivity index (χ2n) is 4.97. The van der Waals surface area contributed by atoms with Gasteiger partial charge in [0.1, 0.15) is 11.4 Å². The van der Waals surface area contributed by atoms with Gasteiger partial charge in [-0.05, 0) is 44.4 Å². The Balaban J connectivity index is 2.18. The zero-order valence-electron chi connectivity index (χ0n) is 10.4. The number of likely N-dealkylation sites (tertiary alicyclic amines) is 1. The van der Waals surface area contributed by atoms with Crippen molar-refractivity contribution in [3.05, 3.63) is 29.8 Å². The van der Waals surface area contributed by atoms with Crippen LogP contribution in [0.5, 0.6) is 0 Å². The predicted octanol–water partition coefficient (Wildman–Crippen LogP) is 2.05. The van der Waals surface area contributed by atoms with E-state index >= 15 is 0 Å². The number of halogens is 1. The first-order valence-corrected chi connectivity index (χ1v) is 6.10.